The van der Waals surface area contributed by atoms with Gasteiger partial charge in [-0.15, -0.1) is 0 Å². The minimum Gasteiger partial charge on any atom is -0.487 e. The summed E-state index contributed by atoms with van der Waals surface area (Å²) in [7, 11) is 0. The smallest absolute Gasteiger partial charge is 0.354 e. The van der Waals surface area contributed by atoms with Gasteiger partial charge < -0.3 is 9.84 Å². The van der Waals surface area contributed by atoms with E-state index in [2.05, 4.69) is 4.98 Å². The van der Waals surface area contributed by atoms with E-state index < -0.39 is 5.97 Å². The highest BCUT2D eigenvalue weighted by atomic mass is 16.5. The SMILES string of the molecule is CCc1cc(COc2ccc3ccccc3c2)nc(C(=O)O)c1. The first-order valence-corrected chi connectivity index (χ1v) is 7.50. The second-order valence-electron chi connectivity index (χ2n) is 5.31. The Labute approximate surface area is 134 Å². The highest BCUT2D eigenvalue weighted by Crippen LogP contribution is 2.21. The minimum atomic E-state index is -1.02. The van der Waals surface area contributed by atoms with Gasteiger partial charge in [0.25, 0.3) is 0 Å². The number of aryl methyl sites for hydroxylation is 1. The summed E-state index contributed by atoms with van der Waals surface area (Å²) >= 11 is 0. The van der Waals surface area contributed by atoms with Gasteiger partial charge in [0.1, 0.15) is 18.1 Å². The molecule has 1 aromatic heterocycles. The first kappa shape index (κ1) is 15.0. The normalized spacial score (nSPS) is 10.7. The summed E-state index contributed by atoms with van der Waals surface area (Å²) < 4.78 is 5.78. The van der Waals surface area contributed by atoms with Crippen molar-refractivity contribution in [3.8, 4) is 5.75 Å². The van der Waals surface area contributed by atoms with Crippen LogP contribution in [-0.4, -0.2) is 16.1 Å². The van der Waals surface area contributed by atoms with Crippen LogP contribution in [0.25, 0.3) is 10.8 Å². The van der Waals surface area contributed by atoms with Gasteiger partial charge in [-0.05, 0) is 47.0 Å². The molecule has 0 aliphatic carbocycles. The molecule has 3 aromatic rings. The number of benzene rings is 2. The van der Waals surface area contributed by atoms with Crippen molar-refractivity contribution in [1.82, 2.24) is 4.98 Å². The molecule has 1 N–H and O–H groups in total. The Balaban J connectivity index is 1.81. The summed E-state index contributed by atoms with van der Waals surface area (Å²) in [5.74, 6) is -0.281. The Morgan fingerprint density at radius 2 is 1.87 bits per heavy atom. The fourth-order valence-corrected chi connectivity index (χ4v) is 2.45. The fraction of sp³-hybridized carbons (Fsp3) is 0.158. The molecule has 116 valence electrons. The number of ether oxygens (including phenoxy) is 1. The molecular formula is C19H17NO3. The number of hydrogen-bond donors (Lipinski definition) is 1. The van der Waals surface area contributed by atoms with Crippen LogP contribution in [0.15, 0.2) is 54.6 Å². The van der Waals surface area contributed by atoms with Gasteiger partial charge in [0.2, 0.25) is 0 Å². The Bertz CT molecular complexity index is 858. The number of carbonyl (C=O) groups is 1. The lowest BCUT2D eigenvalue weighted by molar-refractivity contribution is 0.0689. The van der Waals surface area contributed by atoms with Crippen molar-refractivity contribution in [3.63, 3.8) is 0 Å². The second-order valence-corrected chi connectivity index (χ2v) is 5.31. The number of hydrogen-bond acceptors (Lipinski definition) is 3. The third-order valence-corrected chi connectivity index (χ3v) is 3.67. The number of rotatable bonds is 5. The summed E-state index contributed by atoms with van der Waals surface area (Å²) in [6.45, 7) is 2.22. The maximum absolute atomic E-state index is 11.1. The maximum atomic E-state index is 11.1. The molecular weight excluding hydrogens is 290 g/mol. The number of carboxylic acids is 1. The second kappa shape index (κ2) is 6.48. The summed E-state index contributed by atoms with van der Waals surface area (Å²) in [5, 5.41) is 11.4. The average Bonchev–Trinajstić information content (AvgIpc) is 2.59. The number of fused-ring (bicyclic) bond motifs is 1. The van der Waals surface area contributed by atoms with E-state index in [1.807, 2.05) is 55.5 Å². The number of carboxylic acid groups (broad SMARTS) is 1. The third kappa shape index (κ3) is 3.48. The molecule has 0 fully saturated rings. The minimum absolute atomic E-state index is 0.0569. The van der Waals surface area contributed by atoms with Crippen molar-refractivity contribution in [2.75, 3.05) is 0 Å². The molecule has 4 nitrogen and oxygen atoms in total. The number of aromatic carboxylic acids is 1. The standard InChI is InChI=1S/C19H17NO3/c1-2-13-9-16(20-18(10-13)19(21)22)12-23-17-8-7-14-5-3-4-6-15(14)11-17/h3-11H,2,12H2,1H3,(H,21,22). The molecule has 1 heterocycles. The summed E-state index contributed by atoms with van der Waals surface area (Å²) in [6.07, 6.45) is 0.756. The van der Waals surface area contributed by atoms with E-state index in [-0.39, 0.29) is 12.3 Å². The van der Waals surface area contributed by atoms with Crippen LogP contribution in [-0.2, 0) is 13.0 Å². The Morgan fingerprint density at radius 1 is 1.09 bits per heavy atom. The summed E-state index contributed by atoms with van der Waals surface area (Å²) in [6, 6.07) is 17.4. The molecule has 2 aromatic carbocycles. The maximum Gasteiger partial charge on any atom is 0.354 e. The van der Waals surface area contributed by atoms with Crippen LogP contribution in [0.1, 0.15) is 28.7 Å². The zero-order valence-electron chi connectivity index (χ0n) is 12.8. The molecule has 0 radical (unpaired) electrons. The average molecular weight is 307 g/mol. The van der Waals surface area contributed by atoms with E-state index in [0.717, 1.165) is 28.5 Å². The molecule has 23 heavy (non-hydrogen) atoms. The number of aromatic nitrogens is 1. The van der Waals surface area contributed by atoms with Crippen molar-refractivity contribution in [1.29, 1.82) is 0 Å². The van der Waals surface area contributed by atoms with Gasteiger partial charge in [0.15, 0.2) is 0 Å². The summed E-state index contributed by atoms with van der Waals surface area (Å²) in [5.41, 5.74) is 1.62. The molecule has 3 rings (SSSR count). The molecule has 0 aliphatic rings. The van der Waals surface area contributed by atoms with Gasteiger partial charge in [-0.2, -0.15) is 0 Å². The molecule has 0 saturated heterocycles. The van der Waals surface area contributed by atoms with Crippen LogP contribution < -0.4 is 4.74 Å². The lowest BCUT2D eigenvalue weighted by Crippen LogP contribution is -2.07. The first-order valence-electron chi connectivity index (χ1n) is 7.50. The zero-order chi connectivity index (χ0) is 16.2. The quantitative estimate of drug-likeness (QED) is 0.771. The topological polar surface area (TPSA) is 59.4 Å². The third-order valence-electron chi connectivity index (χ3n) is 3.67. The van der Waals surface area contributed by atoms with Crippen LogP contribution >= 0.6 is 0 Å². The highest BCUT2D eigenvalue weighted by molar-refractivity contribution is 5.85. The van der Waals surface area contributed by atoms with Crippen molar-refractivity contribution in [2.24, 2.45) is 0 Å². The monoisotopic (exact) mass is 307 g/mol. The number of nitrogens with zero attached hydrogens (tertiary/aromatic N) is 1. The predicted octanol–water partition coefficient (Wildman–Crippen LogP) is 4.07. The van der Waals surface area contributed by atoms with E-state index >= 15 is 0 Å². The van der Waals surface area contributed by atoms with E-state index in [1.165, 1.54) is 0 Å². The Kier molecular flexibility index (Phi) is 4.24. The van der Waals surface area contributed by atoms with Gasteiger partial charge in [-0.25, -0.2) is 9.78 Å². The van der Waals surface area contributed by atoms with Gasteiger partial charge in [0, 0.05) is 0 Å². The van der Waals surface area contributed by atoms with E-state index in [9.17, 15) is 4.79 Å². The summed E-state index contributed by atoms with van der Waals surface area (Å²) in [4.78, 5) is 15.3. The molecule has 0 bridgehead atoms. The molecule has 0 spiro atoms. The van der Waals surface area contributed by atoms with E-state index in [4.69, 9.17) is 9.84 Å². The Morgan fingerprint density at radius 3 is 2.61 bits per heavy atom. The van der Waals surface area contributed by atoms with Crippen LogP contribution in [0.3, 0.4) is 0 Å². The highest BCUT2D eigenvalue weighted by Gasteiger charge is 2.09. The molecule has 0 saturated carbocycles. The fourth-order valence-electron chi connectivity index (χ4n) is 2.45. The molecule has 0 atom stereocenters. The van der Waals surface area contributed by atoms with Crippen LogP contribution in [0.4, 0.5) is 0 Å². The van der Waals surface area contributed by atoms with Crippen LogP contribution in [0, 0.1) is 0 Å². The van der Waals surface area contributed by atoms with Gasteiger partial charge >= 0.3 is 5.97 Å². The Hall–Kier alpha value is -2.88. The largest absolute Gasteiger partial charge is 0.487 e. The van der Waals surface area contributed by atoms with Gasteiger partial charge in [0.05, 0.1) is 5.69 Å². The van der Waals surface area contributed by atoms with Crippen molar-refractivity contribution >= 4 is 16.7 Å². The molecule has 0 amide bonds. The van der Waals surface area contributed by atoms with Crippen LogP contribution in [0.5, 0.6) is 5.75 Å². The molecule has 0 unspecified atom stereocenters. The van der Waals surface area contributed by atoms with Crippen molar-refractivity contribution in [3.05, 3.63) is 71.5 Å². The zero-order valence-corrected chi connectivity index (χ0v) is 12.8. The first-order chi connectivity index (χ1) is 11.2. The molecule has 0 aliphatic heterocycles. The van der Waals surface area contributed by atoms with E-state index in [0.29, 0.717) is 5.69 Å². The van der Waals surface area contributed by atoms with Gasteiger partial charge in [-0.3, -0.25) is 0 Å². The lowest BCUT2D eigenvalue weighted by atomic mass is 10.1. The van der Waals surface area contributed by atoms with Crippen molar-refractivity contribution < 1.29 is 14.6 Å². The van der Waals surface area contributed by atoms with E-state index in [1.54, 1.807) is 6.07 Å². The lowest BCUT2D eigenvalue weighted by Gasteiger charge is -2.09. The van der Waals surface area contributed by atoms with Crippen molar-refractivity contribution in [2.45, 2.75) is 20.0 Å². The van der Waals surface area contributed by atoms with Gasteiger partial charge in [-0.1, -0.05) is 37.3 Å². The predicted molar refractivity (Wildman–Crippen MR) is 88.9 cm³/mol. The number of pyridine rings is 1. The van der Waals surface area contributed by atoms with Crippen LogP contribution in [0.2, 0.25) is 0 Å². The molecule has 4 heteroatoms.